The minimum absolute atomic E-state index is 0.148. The molecule has 0 unspecified atom stereocenters. The van der Waals surface area contributed by atoms with Gasteiger partial charge in [-0.15, -0.1) is 0 Å². The summed E-state index contributed by atoms with van der Waals surface area (Å²) in [6.45, 7) is 0. The van der Waals surface area contributed by atoms with Crippen LogP contribution in [0, 0.1) is 0 Å². The number of thioether (sulfide) groups is 1. The predicted molar refractivity (Wildman–Crippen MR) is 72.5 cm³/mol. The zero-order valence-corrected chi connectivity index (χ0v) is 10.2. The van der Waals surface area contributed by atoms with Crippen LogP contribution in [0.2, 0.25) is 0 Å². The molecule has 3 rings (SSSR count). The average Bonchev–Trinajstić information content (AvgIpc) is 2.85. The van der Waals surface area contributed by atoms with Gasteiger partial charge in [0.1, 0.15) is 9.90 Å². The fourth-order valence-corrected chi connectivity index (χ4v) is 2.71. The van der Waals surface area contributed by atoms with Crippen molar-refractivity contribution < 1.29 is 9.21 Å². The van der Waals surface area contributed by atoms with Crippen molar-refractivity contribution in [1.29, 1.82) is 0 Å². The molecule has 0 spiro atoms. The maximum Gasteiger partial charge on any atom is 0.263 e. The number of carbonyl (C=O) groups excluding carboxylic acids is 1. The first kappa shape index (κ1) is 10.6. The number of fused-ring (bicyclic) bond motifs is 1. The Morgan fingerprint density at radius 1 is 1.35 bits per heavy atom. The Balaban J connectivity index is 2.08. The molecule has 84 valence electrons. The Hall–Kier alpha value is -1.59. The Morgan fingerprint density at radius 2 is 2.18 bits per heavy atom. The highest BCUT2D eigenvalue weighted by molar-refractivity contribution is 8.26. The lowest BCUT2D eigenvalue weighted by molar-refractivity contribution is -0.115. The van der Waals surface area contributed by atoms with Gasteiger partial charge in [0, 0.05) is 10.9 Å². The second-order valence-electron chi connectivity index (χ2n) is 3.54. The average molecular weight is 261 g/mol. The topological polar surface area (TPSA) is 42.2 Å². The van der Waals surface area contributed by atoms with Crippen LogP contribution in [0.5, 0.6) is 0 Å². The second-order valence-corrected chi connectivity index (χ2v) is 5.26. The van der Waals surface area contributed by atoms with Gasteiger partial charge >= 0.3 is 0 Å². The fraction of sp³-hybridized carbons (Fsp3) is 0. The number of para-hydroxylation sites is 1. The first-order chi connectivity index (χ1) is 8.24. The van der Waals surface area contributed by atoms with Gasteiger partial charge in [0.15, 0.2) is 0 Å². The molecule has 1 aliphatic rings. The molecule has 3 nitrogen and oxygen atoms in total. The van der Waals surface area contributed by atoms with Crippen LogP contribution in [0.1, 0.15) is 5.56 Å². The van der Waals surface area contributed by atoms with Crippen molar-refractivity contribution in [2.75, 3.05) is 0 Å². The first-order valence-corrected chi connectivity index (χ1v) is 6.17. The van der Waals surface area contributed by atoms with Gasteiger partial charge in [-0.3, -0.25) is 4.79 Å². The molecule has 0 saturated carbocycles. The molecule has 5 heteroatoms. The summed E-state index contributed by atoms with van der Waals surface area (Å²) < 4.78 is 5.90. The van der Waals surface area contributed by atoms with Gasteiger partial charge in [-0.2, -0.15) is 0 Å². The highest BCUT2D eigenvalue weighted by Gasteiger charge is 2.22. The number of hydrogen-bond acceptors (Lipinski definition) is 4. The molecule has 2 aromatic rings. The van der Waals surface area contributed by atoms with E-state index in [2.05, 4.69) is 5.32 Å². The summed E-state index contributed by atoms with van der Waals surface area (Å²) in [7, 11) is 0. The number of furan rings is 1. The SMILES string of the molecule is O=C1NC(=S)S/C1=C\c1coc2ccccc12. The molecule has 1 aromatic heterocycles. The number of thiocarbonyl (C=S) groups is 1. The van der Waals surface area contributed by atoms with Crippen molar-refractivity contribution in [2.45, 2.75) is 0 Å². The third kappa shape index (κ3) is 1.87. The van der Waals surface area contributed by atoms with Gasteiger partial charge in [-0.25, -0.2) is 0 Å². The van der Waals surface area contributed by atoms with Crippen molar-refractivity contribution in [2.24, 2.45) is 0 Å². The minimum atomic E-state index is -0.148. The molecule has 0 aliphatic carbocycles. The van der Waals surface area contributed by atoms with E-state index in [4.69, 9.17) is 16.6 Å². The largest absolute Gasteiger partial charge is 0.464 e. The van der Waals surface area contributed by atoms with E-state index in [1.807, 2.05) is 24.3 Å². The first-order valence-electron chi connectivity index (χ1n) is 4.95. The molecule has 1 aromatic carbocycles. The number of benzene rings is 1. The summed E-state index contributed by atoms with van der Waals surface area (Å²) in [5.74, 6) is -0.148. The molecule has 1 fully saturated rings. The smallest absolute Gasteiger partial charge is 0.263 e. The fourth-order valence-electron chi connectivity index (χ4n) is 1.67. The monoisotopic (exact) mass is 261 g/mol. The Bertz CT molecular complexity index is 657. The molecule has 1 saturated heterocycles. The molecular formula is C12H7NO2S2. The highest BCUT2D eigenvalue weighted by Crippen LogP contribution is 2.29. The van der Waals surface area contributed by atoms with Crippen molar-refractivity contribution >= 4 is 51.3 Å². The molecule has 17 heavy (non-hydrogen) atoms. The van der Waals surface area contributed by atoms with E-state index >= 15 is 0 Å². The van der Waals surface area contributed by atoms with Gasteiger partial charge in [-0.05, 0) is 12.1 Å². The zero-order chi connectivity index (χ0) is 11.8. The number of amides is 1. The number of rotatable bonds is 1. The lowest BCUT2D eigenvalue weighted by Gasteiger charge is -1.91. The molecule has 1 aliphatic heterocycles. The van der Waals surface area contributed by atoms with Crippen molar-refractivity contribution in [3.8, 4) is 0 Å². The molecule has 0 atom stereocenters. The van der Waals surface area contributed by atoms with E-state index in [1.165, 1.54) is 11.8 Å². The van der Waals surface area contributed by atoms with Crippen LogP contribution in [0.15, 0.2) is 39.9 Å². The number of nitrogens with one attached hydrogen (secondary N) is 1. The van der Waals surface area contributed by atoms with Crippen molar-refractivity contribution in [3.05, 3.63) is 41.0 Å². The van der Waals surface area contributed by atoms with Gasteiger partial charge in [-0.1, -0.05) is 42.2 Å². The molecule has 1 N–H and O–H groups in total. The third-order valence-electron chi connectivity index (χ3n) is 2.44. The summed E-state index contributed by atoms with van der Waals surface area (Å²) in [5.41, 5.74) is 1.70. The van der Waals surface area contributed by atoms with Crippen LogP contribution >= 0.6 is 24.0 Å². The third-order valence-corrected chi connectivity index (χ3v) is 3.60. The zero-order valence-electron chi connectivity index (χ0n) is 8.60. The van der Waals surface area contributed by atoms with Crippen LogP contribution in [0.25, 0.3) is 17.0 Å². The Morgan fingerprint density at radius 3 is 2.94 bits per heavy atom. The predicted octanol–water partition coefficient (Wildman–Crippen LogP) is 2.92. The minimum Gasteiger partial charge on any atom is -0.464 e. The van der Waals surface area contributed by atoms with Gasteiger partial charge in [0.25, 0.3) is 5.91 Å². The normalized spacial score (nSPS) is 18.0. The summed E-state index contributed by atoms with van der Waals surface area (Å²) in [6.07, 6.45) is 3.44. The van der Waals surface area contributed by atoms with Crippen LogP contribution in [-0.2, 0) is 4.79 Å². The molecule has 0 bridgehead atoms. The molecular weight excluding hydrogens is 254 g/mol. The molecule has 2 heterocycles. The van der Waals surface area contributed by atoms with Gasteiger partial charge in [0.05, 0.1) is 11.2 Å². The molecule has 1 amide bonds. The van der Waals surface area contributed by atoms with Crippen LogP contribution in [0.3, 0.4) is 0 Å². The lowest BCUT2D eigenvalue weighted by Crippen LogP contribution is -2.17. The molecule has 0 radical (unpaired) electrons. The second kappa shape index (κ2) is 4.01. The maximum atomic E-state index is 11.5. The van der Waals surface area contributed by atoms with E-state index in [1.54, 1.807) is 12.3 Å². The van der Waals surface area contributed by atoms with E-state index < -0.39 is 0 Å². The van der Waals surface area contributed by atoms with Crippen molar-refractivity contribution in [3.63, 3.8) is 0 Å². The van der Waals surface area contributed by atoms with E-state index in [0.29, 0.717) is 9.23 Å². The quantitative estimate of drug-likeness (QED) is 0.633. The number of hydrogen-bond donors (Lipinski definition) is 1. The van der Waals surface area contributed by atoms with Crippen LogP contribution < -0.4 is 5.32 Å². The Kier molecular flexibility index (Phi) is 2.49. The van der Waals surface area contributed by atoms with E-state index in [9.17, 15) is 4.79 Å². The van der Waals surface area contributed by atoms with Crippen molar-refractivity contribution in [1.82, 2.24) is 5.32 Å². The summed E-state index contributed by atoms with van der Waals surface area (Å²) in [6, 6.07) is 7.70. The highest BCUT2D eigenvalue weighted by atomic mass is 32.2. The Labute approximate surface area is 107 Å². The van der Waals surface area contributed by atoms with Gasteiger partial charge < -0.3 is 9.73 Å². The van der Waals surface area contributed by atoms with Crippen LogP contribution in [-0.4, -0.2) is 10.2 Å². The summed E-state index contributed by atoms with van der Waals surface area (Å²) >= 11 is 6.20. The van der Waals surface area contributed by atoms with E-state index in [-0.39, 0.29) is 5.91 Å². The number of carbonyl (C=O) groups is 1. The van der Waals surface area contributed by atoms with Gasteiger partial charge in [0.2, 0.25) is 0 Å². The summed E-state index contributed by atoms with van der Waals surface area (Å²) in [4.78, 5) is 12.1. The standard InChI is InChI=1S/C12H7NO2S2/c14-11-10(17-12(16)13-11)5-7-6-15-9-4-2-1-3-8(7)9/h1-6H,(H,13,14,16)/b10-5-. The lowest BCUT2D eigenvalue weighted by atomic mass is 10.1. The van der Waals surface area contributed by atoms with Crippen LogP contribution in [0.4, 0.5) is 0 Å². The summed E-state index contributed by atoms with van der Waals surface area (Å²) in [5, 5.41) is 3.58. The van der Waals surface area contributed by atoms with E-state index in [0.717, 1.165) is 16.5 Å². The maximum absolute atomic E-state index is 11.5.